The summed E-state index contributed by atoms with van der Waals surface area (Å²) in [5.41, 5.74) is 0.688. The van der Waals surface area contributed by atoms with Crippen LogP contribution in [0, 0.1) is 0 Å². The molecule has 70 valence electrons. The third-order valence-corrected chi connectivity index (χ3v) is 3.05. The lowest BCUT2D eigenvalue weighted by molar-refractivity contribution is 0.0952. The second kappa shape index (κ2) is 2.65. The molecule has 0 radical (unpaired) electrons. The summed E-state index contributed by atoms with van der Waals surface area (Å²) in [6, 6.07) is 1.81. The van der Waals surface area contributed by atoms with Gasteiger partial charge in [-0.15, -0.1) is 21.5 Å². The van der Waals surface area contributed by atoms with E-state index in [2.05, 4.69) is 15.5 Å². The summed E-state index contributed by atoms with van der Waals surface area (Å²) in [5, 5.41) is 13.3. The maximum Gasteiger partial charge on any atom is 0.254 e. The lowest BCUT2D eigenvalue weighted by Gasteiger charge is -1.98. The molecule has 0 unspecified atom stereocenters. The largest absolute Gasteiger partial charge is 0.345 e. The van der Waals surface area contributed by atoms with Gasteiger partial charge in [0.2, 0.25) is 0 Å². The van der Waals surface area contributed by atoms with Gasteiger partial charge in [0.05, 0.1) is 12.1 Å². The van der Waals surface area contributed by atoms with Crippen LogP contribution in [0.2, 0.25) is 0 Å². The average Bonchev–Trinajstić information content (AvgIpc) is 2.80. The maximum atomic E-state index is 11.6. The third-order valence-electron chi connectivity index (χ3n) is 2.13. The van der Waals surface area contributed by atoms with Crippen LogP contribution < -0.4 is 5.32 Å². The molecule has 0 bridgehead atoms. The Kier molecular flexibility index (Phi) is 1.45. The van der Waals surface area contributed by atoms with Gasteiger partial charge in [0.15, 0.2) is 5.82 Å². The first-order chi connectivity index (χ1) is 6.86. The Balaban J connectivity index is 2.31. The molecule has 0 atom stereocenters. The Hall–Kier alpha value is -1.69. The number of aromatic nitrogens is 3. The van der Waals surface area contributed by atoms with E-state index < -0.39 is 0 Å². The van der Waals surface area contributed by atoms with E-state index in [1.807, 2.05) is 16.0 Å². The van der Waals surface area contributed by atoms with E-state index in [1.165, 1.54) is 11.3 Å². The molecule has 0 fully saturated rings. The van der Waals surface area contributed by atoms with Crippen LogP contribution in [0.15, 0.2) is 17.8 Å². The highest BCUT2D eigenvalue weighted by Crippen LogP contribution is 2.24. The van der Waals surface area contributed by atoms with E-state index in [4.69, 9.17) is 0 Å². The summed E-state index contributed by atoms with van der Waals surface area (Å²) in [4.78, 5) is 11.6. The summed E-state index contributed by atoms with van der Waals surface area (Å²) in [6.45, 7) is 0.431. The monoisotopic (exact) mass is 206 g/mol. The van der Waals surface area contributed by atoms with Gasteiger partial charge in [-0.3, -0.25) is 9.36 Å². The van der Waals surface area contributed by atoms with E-state index in [-0.39, 0.29) is 5.91 Å². The molecule has 14 heavy (non-hydrogen) atoms. The van der Waals surface area contributed by atoms with Crippen molar-refractivity contribution in [2.75, 3.05) is 0 Å². The van der Waals surface area contributed by atoms with Gasteiger partial charge >= 0.3 is 0 Å². The van der Waals surface area contributed by atoms with Crippen LogP contribution in [-0.2, 0) is 6.54 Å². The molecule has 3 rings (SSSR count). The average molecular weight is 206 g/mol. The van der Waals surface area contributed by atoms with Gasteiger partial charge in [-0.2, -0.15) is 0 Å². The van der Waals surface area contributed by atoms with Crippen molar-refractivity contribution in [3.05, 3.63) is 29.2 Å². The fourth-order valence-corrected chi connectivity index (χ4v) is 2.35. The smallest absolute Gasteiger partial charge is 0.254 e. The van der Waals surface area contributed by atoms with Crippen LogP contribution in [0.25, 0.3) is 5.00 Å². The zero-order valence-corrected chi connectivity index (χ0v) is 7.91. The van der Waals surface area contributed by atoms with Gasteiger partial charge in [-0.05, 0) is 11.4 Å². The number of carbonyl (C=O) groups is 1. The zero-order valence-electron chi connectivity index (χ0n) is 7.10. The first-order valence-electron chi connectivity index (χ1n) is 4.11. The van der Waals surface area contributed by atoms with Crippen molar-refractivity contribution in [3.8, 4) is 5.00 Å². The van der Waals surface area contributed by atoms with Gasteiger partial charge in [0.25, 0.3) is 5.91 Å². The van der Waals surface area contributed by atoms with Crippen LogP contribution >= 0.6 is 11.3 Å². The minimum absolute atomic E-state index is 0.0493. The second-order valence-corrected chi connectivity index (χ2v) is 3.83. The van der Waals surface area contributed by atoms with Crippen molar-refractivity contribution >= 4 is 17.2 Å². The van der Waals surface area contributed by atoms with Crippen LogP contribution in [0.4, 0.5) is 0 Å². The number of nitrogens with zero attached hydrogens (tertiary/aromatic N) is 3. The Labute approximate surface area is 83.4 Å². The molecule has 0 aromatic carbocycles. The summed E-state index contributed by atoms with van der Waals surface area (Å²) < 4.78 is 1.85. The molecule has 6 heteroatoms. The summed E-state index contributed by atoms with van der Waals surface area (Å²) in [6.07, 6.45) is 1.63. The summed E-state index contributed by atoms with van der Waals surface area (Å²) in [5.74, 6) is 0.714. The fraction of sp³-hybridized carbons (Fsp3) is 0.125. The molecule has 1 N–H and O–H groups in total. The predicted molar refractivity (Wildman–Crippen MR) is 50.4 cm³/mol. The topological polar surface area (TPSA) is 59.8 Å². The quantitative estimate of drug-likeness (QED) is 0.685. The van der Waals surface area contributed by atoms with Crippen molar-refractivity contribution in [2.24, 2.45) is 0 Å². The lowest BCUT2D eigenvalue weighted by atomic mass is 10.3. The van der Waals surface area contributed by atoms with Crippen molar-refractivity contribution in [1.29, 1.82) is 0 Å². The molecule has 0 saturated carbocycles. The highest BCUT2D eigenvalue weighted by molar-refractivity contribution is 7.13. The van der Waals surface area contributed by atoms with Gasteiger partial charge in [0.1, 0.15) is 11.3 Å². The van der Waals surface area contributed by atoms with Crippen LogP contribution in [0.5, 0.6) is 0 Å². The standard InChI is InChI=1S/C8H6N4OS/c13-7-5-1-2-14-8(5)12-4-10-11-6(12)3-9-7/h1-2,4H,3H2,(H,9,13). The lowest BCUT2D eigenvalue weighted by Crippen LogP contribution is -2.21. The highest BCUT2D eigenvalue weighted by Gasteiger charge is 2.20. The zero-order chi connectivity index (χ0) is 9.54. The van der Waals surface area contributed by atoms with E-state index in [1.54, 1.807) is 6.33 Å². The first kappa shape index (κ1) is 7.69. The molecule has 1 amide bonds. The van der Waals surface area contributed by atoms with Crippen LogP contribution in [0.1, 0.15) is 16.2 Å². The number of fused-ring (bicyclic) bond motifs is 3. The first-order valence-corrected chi connectivity index (χ1v) is 4.99. The predicted octanol–water partition coefficient (Wildman–Crippen LogP) is 0.572. The van der Waals surface area contributed by atoms with Crippen molar-refractivity contribution < 1.29 is 4.79 Å². The number of amides is 1. The molecule has 0 spiro atoms. The van der Waals surface area contributed by atoms with E-state index in [9.17, 15) is 4.79 Å². The number of thiophene rings is 1. The summed E-state index contributed by atoms with van der Waals surface area (Å²) >= 11 is 1.51. The second-order valence-electron chi connectivity index (χ2n) is 2.94. The van der Waals surface area contributed by atoms with E-state index in [0.29, 0.717) is 12.1 Å². The number of rotatable bonds is 0. The highest BCUT2D eigenvalue weighted by atomic mass is 32.1. The molecule has 2 aromatic rings. The van der Waals surface area contributed by atoms with Crippen LogP contribution in [0.3, 0.4) is 0 Å². The minimum Gasteiger partial charge on any atom is -0.345 e. The number of carbonyl (C=O) groups excluding carboxylic acids is 1. The fourth-order valence-electron chi connectivity index (χ4n) is 1.46. The molecular formula is C8H6N4OS. The van der Waals surface area contributed by atoms with E-state index >= 15 is 0 Å². The SMILES string of the molecule is O=C1NCc2nncn2-c2sccc21. The van der Waals surface area contributed by atoms with Gasteiger partial charge in [-0.25, -0.2) is 0 Å². The van der Waals surface area contributed by atoms with E-state index in [0.717, 1.165) is 10.8 Å². The summed E-state index contributed by atoms with van der Waals surface area (Å²) in [7, 11) is 0. The van der Waals surface area contributed by atoms with Crippen LogP contribution in [-0.4, -0.2) is 20.7 Å². The third kappa shape index (κ3) is 0.912. The Morgan fingerprint density at radius 1 is 1.57 bits per heavy atom. The Bertz CT molecular complexity index is 501. The minimum atomic E-state index is -0.0493. The number of hydrogen-bond donors (Lipinski definition) is 1. The molecule has 3 heterocycles. The molecule has 2 aromatic heterocycles. The Morgan fingerprint density at radius 3 is 3.43 bits per heavy atom. The van der Waals surface area contributed by atoms with Gasteiger partial charge < -0.3 is 5.32 Å². The van der Waals surface area contributed by atoms with Gasteiger partial charge in [0, 0.05) is 0 Å². The normalized spacial score (nSPS) is 14.1. The number of nitrogens with one attached hydrogen (secondary N) is 1. The molecule has 1 aliphatic heterocycles. The molecule has 5 nitrogen and oxygen atoms in total. The van der Waals surface area contributed by atoms with Gasteiger partial charge in [-0.1, -0.05) is 0 Å². The molecule has 0 saturated heterocycles. The molecular weight excluding hydrogens is 200 g/mol. The van der Waals surface area contributed by atoms with Crippen molar-refractivity contribution in [1.82, 2.24) is 20.1 Å². The number of hydrogen-bond acceptors (Lipinski definition) is 4. The Morgan fingerprint density at radius 2 is 2.50 bits per heavy atom. The maximum absolute atomic E-state index is 11.6. The molecule has 0 aliphatic carbocycles. The molecule has 1 aliphatic rings. The van der Waals surface area contributed by atoms with Crippen molar-refractivity contribution in [2.45, 2.75) is 6.54 Å². The van der Waals surface area contributed by atoms with Crippen molar-refractivity contribution in [3.63, 3.8) is 0 Å².